The number of H-pyrrole nitrogens is 1. The quantitative estimate of drug-likeness (QED) is 0.865. The Labute approximate surface area is 109 Å². The monoisotopic (exact) mass is 253 g/mol. The average Bonchev–Trinajstić information content (AvgIpc) is 3.08. The maximum atomic E-state index is 10.9. The van der Waals surface area contributed by atoms with E-state index >= 15 is 0 Å². The Bertz CT molecular complexity index is 674. The molecular weight excluding hydrogens is 242 g/mol. The third-order valence-corrected chi connectivity index (χ3v) is 2.93. The first-order valence-corrected chi connectivity index (χ1v) is 5.84. The number of aliphatic carboxylic acids is 1. The number of carboxylic acids is 1. The van der Waals surface area contributed by atoms with Crippen LogP contribution in [0.1, 0.15) is 12.1 Å². The third kappa shape index (κ3) is 2.06. The van der Waals surface area contributed by atoms with Gasteiger partial charge in [0.25, 0.3) is 0 Å². The molecule has 5 heteroatoms. The van der Waals surface area contributed by atoms with Gasteiger partial charge in [0.1, 0.15) is 0 Å². The number of rotatable bonds is 3. The summed E-state index contributed by atoms with van der Waals surface area (Å²) in [5, 5.41) is 8.91. The van der Waals surface area contributed by atoms with Crippen LogP contribution in [0, 0.1) is 0 Å². The lowest BCUT2D eigenvalue weighted by molar-refractivity contribution is -0.136. The van der Waals surface area contributed by atoms with Crippen LogP contribution in [0.5, 0.6) is 0 Å². The van der Waals surface area contributed by atoms with Crippen LogP contribution in [0.2, 0.25) is 0 Å². The van der Waals surface area contributed by atoms with Crippen LogP contribution in [0.3, 0.4) is 0 Å². The zero-order chi connectivity index (χ0) is 13.2. The Balaban J connectivity index is 2.01. The molecule has 0 unspecified atom stereocenters. The van der Waals surface area contributed by atoms with Gasteiger partial charge in [-0.3, -0.25) is 14.8 Å². The SMILES string of the molecule is O=C(O)CC1=CC=NC1=C1C=CN=C1c1ccc[nH]1. The van der Waals surface area contributed by atoms with E-state index in [9.17, 15) is 4.79 Å². The lowest BCUT2D eigenvalue weighted by Gasteiger charge is -2.07. The van der Waals surface area contributed by atoms with Crippen LogP contribution < -0.4 is 0 Å². The molecule has 19 heavy (non-hydrogen) atoms. The Kier molecular flexibility index (Phi) is 2.72. The molecule has 3 heterocycles. The highest BCUT2D eigenvalue weighted by molar-refractivity contribution is 6.16. The molecule has 1 aromatic heterocycles. The summed E-state index contributed by atoms with van der Waals surface area (Å²) >= 11 is 0. The largest absolute Gasteiger partial charge is 0.481 e. The number of nitrogens with zero attached hydrogens (tertiary/aromatic N) is 2. The van der Waals surface area contributed by atoms with Crippen molar-refractivity contribution >= 4 is 17.9 Å². The molecule has 0 radical (unpaired) electrons. The molecule has 0 atom stereocenters. The number of aromatic amines is 1. The first-order valence-electron chi connectivity index (χ1n) is 5.84. The zero-order valence-electron chi connectivity index (χ0n) is 10.00. The molecule has 0 fully saturated rings. The number of hydrogen-bond donors (Lipinski definition) is 2. The minimum Gasteiger partial charge on any atom is -0.481 e. The van der Waals surface area contributed by atoms with E-state index < -0.39 is 5.97 Å². The predicted molar refractivity (Wildman–Crippen MR) is 72.3 cm³/mol. The number of aliphatic imine (C=N–C) groups is 2. The molecule has 5 nitrogen and oxygen atoms in total. The van der Waals surface area contributed by atoms with E-state index in [4.69, 9.17) is 5.11 Å². The highest BCUT2D eigenvalue weighted by Crippen LogP contribution is 2.28. The molecule has 0 aromatic carbocycles. The lowest BCUT2D eigenvalue weighted by atomic mass is 10.0. The van der Waals surface area contributed by atoms with Gasteiger partial charge in [0.15, 0.2) is 0 Å². The number of carboxylic acid groups (broad SMARTS) is 1. The van der Waals surface area contributed by atoms with Crippen molar-refractivity contribution in [2.75, 3.05) is 0 Å². The van der Waals surface area contributed by atoms with Crippen molar-refractivity contribution in [2.45, 2.75) is 6.42 Å². The molecule has 0 aliphatic carbocycles. The normalized spacial score (nSPS) is 20.8. The molecule has 2 N–H and O–H groups in total. The van der Waals surface area contributed by atoms with Gasteiger partial charge in [0, 0.05) is 24.2 Å². The second-order valence-corrected chi connectivity index (χ2v) is 4.18. The van der Waals surface area contributed by atoms with Crippen molar-refractivity contribution in [2.24, 2.45) is 9.98 Å². The number of allylic oxidation sites excluding steroid dienone is 4. The zero-order valence-corrected chi connectivity index (χ0v) is 10.00. The van der Waals surface area contributed by atoms with Crippen LogP contribution in [0.25, 0.3) is 0 Å². The first-order chi connectivity index (χ1) is 9.25. The maximum Gasteiger partial charge on any atom is 0.307 e. The van der Waals surface area contributed by atoms with Crippen LogP contribution in [0.15, 0.2) is 63.5 Å². The van der Waals surface area contributed by atoms with Crippen LogP contribution in [-0.4, -0.2) is 28.0 Å². The molecule has 3 rings (SSSR count). The van der Waals surface area contributed by atoms with E-state index in [1.165, 1.54) is 0 Å². The fraction of sp³-hybridized carbons (Fsp3) is 0.0714. The summed E-state index contributed by atoms with van der Waals surface area (Å²) in [5.74, 6) is -0.866. The standard InChI is InChI=1S/C14H11N3O2/c18-12(19)8-9-3-6-16-13(9)10-4-7-17-14(10)11-2-1-5-15-11/h1-7,15H,8H2,(H,18,19). The molecule has 0 spiro atoms. The highest BCUT2D eigenvalue weighted by atomic mass is 16.4. The summed E-state index contributed by atoms with van der Waals surface area (Å²) in [4.78, 5) is 22.5. The van der Waals surface area contributed by atoms with Crippen LogP contribution >= 0.6 is 0 Å². The molecule has 0 saturated carbocycles. The highest BCUT2D eigenvalue weighted by Gasteiger charge is 2.21. The Morgan fingerprint density at radius 2 is 2.32 bits per heavy atom. The van der Waals surface area contributed by atoms with Gasteiger partial charge in [-0.15, -0.1) is 0 Å². The van der Waals surface area contributed by atoms with Gasteiger partial charge >= 0.3 is 5.97 Å². The van der Waals surface area contributed by atoms with E-state index in [1.807, 2.05) is 24.4 Å². The van der Waals surface area contributed by atoms with Crippen molar-refractivity contribution in [1.29, 1.82) is 0 Å². The van der Waals surface area contributed by atoms with Crippen molar-refractivity contribution in [3.63, 3.8) is 0 Å². The van der Waals surface area contributed by atoms with Gasteiger partial charge in [-0.2, -0.15) is 0 Å². The van der Waals surface area contributed by atoms with Gasteiger partial charge < -0.3 is 10.1 Å². The number of nitrogens with one attached hydrogen (secondary N) is 1. The molecule has 1 aromatic rings. The summed E-state index contributed by atoms with van der Waals surface area (Å²) < 4.78 is 0. The Morgan fingerprint density at radius 1 is 1.42 bits per heavy atom. The summed E-state index contributed by atoms with van der Waals surface area (Å²) in [6.07, 6.45) is 8.69. The summed E-state index contributed by atoms with van der Waals surface area (Å²) in [5.41, 5.74) is 3.92. The van der Waals surface area contributed by atoms with Crippen molar-refractivity contribution in [3.8, 4) is 0 Å². The van der Waals surface area contributed by atoms with Crippen LogP contribution in [0.4, 0.5) is 0 Å². The number of carbonyl (C=O) groups is 1. The minimum absolute atomic E-state index is 0.0370. The van der Waals surface area contributed by atoms with Gasteiger partial charge in [-0.05, 0) is 29.9 Å². The second kappa shape index (κ2) is 4.53. The van der Waals surface area contributed by atoms with Crippen LogP contribution in [-0.2, 0) is 4.79 Å². The van der Waals surface area contributed by atoms with Gasteiger partial charge in [0.2, 0.25) is 0 Å². The minimum atomic E-state index is -0.866. The fourth-order valence-electron chi connectivity index (χ4n) is 2.13. The topological polar surface area (TPSA) is 77.8 Å². The van der Waals surface area contributed by atoms with Gasteiger partial charge in [0.05, 0.1) is 23.5 Å². The molecule has 94 valence electrons. The second-order valence-electron chi connectivity index (χ2n) is 4.18. The fourth-order valence-corrected chi connectivity index (χ4v) is 2.13. The molecule has 0 amide bonds. The predicted octanol–water partition coefficient (Wildman–Crippen LogP) is 2.07. The molecule has 0 saturated heterocycles. The van der Waals surface area contributed by atoms with Gasteiger partial charge in [-0.1, -0.05) is 0 Å². The summed E-state index contributed by atoms with van der Waals surface area (Å²) in [6, 6.07) is 3.82. The lowest BCUT2D eigenvalue weighted by Crippen LogP contribution is -2.05. The smallest absolute Gasteiger partial charge is 0.307 e. The van der Waals surface area contributed by atoms with Crippen molar-refractivity contribution in [3.05, 3.63) is 59.2 Å². The summed E-state index contributed by atoms with van der Waals surface area (Å²) in [7, 11) is 0. The number of aromatic nitrogens is 1. The summed E-state index contributed by atoms with van der Waals surface area (Å²) in [6.45, 7) is 0. The molecular formula is C14H11N3O2. The number of hydrogen-bond acceptors (Lipinski definition) is 3. The molecule has 2 aliphatic rings. The third-order valence-electron chi connectivity index (χ3n) is 2.93. The van der Waals surface area contributed by atoms with E-state index in [2.05, 4.69) is 15.0 Å². The Hall–Kier alpha value is -2.69. The maximum absolute atomic E-state index is 10.9. The van der Waals surface area contributed by atoms with E-state index in [1.54, 1.807) is 18.5 Å². The first kappa shape index (κ1) is 11.4. The van der Waals surface area contributed by atoms with E-state index in [-0.39, 0.29) is 6.42 Å². The molecule has 2 aliphatic heterocycles. The van der Waals surface area contributed by atoms with Gasteiger partial charge in [-0.25, -0.2) is 0 Å². The van der Waals surface area contributed by atoms with Crippen molar-refractivity contribution < 1.29 is 9.90 Å². The molecule has 0 bridgehead atoms. The van der Waals surface area contributed by atoms with E-state index in [0.29, 0.717) is 11.3 Å². The van der Waals surface area contributed by atoms with Crippen molar-refractivity contribution in [1.82, 2.24) is 4.98 Å². The van der Waals surface area contributed by atoms with E-state index in [0.717, 1.165) is 17.0 Å². The average molecular weight is 253 g/mol. The Morgan fingerprint density at radius 3 is 3.05 bits per heavy atom.